The van der Waals surface area contributed by atoms with Gasteiger partial charge in [-0.25, -0.2) is 8.42 Å². The summed E-state index contributed by atoms with van der Waals surface area (Å²) in [5, 5.41) is 0. The lowest BCUT2D eigenvalue weighted by Crippen LogP contribution is -2.35. The number of carbonyl (C=O) groups is 1. The molecule has 1 aromatic rings. The van der Waals surface area contributed by atoms with Crippen LogP contribution in [0.1, 0.15) is 44.0 Å². The number of rotatable bonds is 9. The first-order valence-electron chi connectivity index (χ1n) is 8.28. The predicted octanol–water partition coefficient (Wildman–Crippen LogP) is 2.71. The molecule has 1 rings (SSSR count). The number of halogens is 1. The van der Waals surface area contributed by atoms with E-state index in [2.05, 4.69) is 4.72 Å². The molecule has 0 aliphatic heterocycles. The highest BCUT2D eigenvalue weighted by atomic mass is 35.5. The van der Waals surface area contributed by atoms with Crippen LogP contribution in [-0.2, 0) is 10.0 Å². The van der Waals surface area contributed by atoms with Crippen LogP contribution in [0.25, 0.3) is 0 Å². The van der Waals surface area contributed by atoms with E-state index < -0.39 is 10.0 Å². The van der Waals surface area contributed by atoms with Gasteiger partial charge in [-0.05, 0) is 30.9 Å². The van der Waals surface area contributed by atoms with Crippen molar-refractivity contribution >= 4 is 34.0 Å². The monoisotopic (exact) mass is 391 g/mol. The van der Waals surface area contributed by atoms with Gasteiger partial charge in [0.1, 0.15) is 0 Å². The minimum Gasteiger partial charge on any atom is -0.342 e. The summed E-state index contributed by atoms with van der Waals surface area (Å²) in [4.78, 5) is 14.2. The van der Waals surface area contributed by atoms with Crippen molar-refractivity contribution in [3.05, 3.63) is 29.8 Å². The van der Waals surface area contributed by atoms with Gasteiger partial charge < -0.3 is 10.6 Å². The zero-order valence-corrected chi connectivity index (χ0v) is 17.0. The van der Waals surface area contributed by atoms with E-state index in [9.17, 15) is 13.2 Å². The molecule has 1 unspecified atom stereocenters. The molecule has 0 fully saturated rings. The van der Waals surface area contributed by atoms with Crippen molar-refractivity contribution in [2.24, 2.45) is 11.7 Å². The Morgan fingerprint density at radius 3 is 2.44 bits per heavy atom. The number of nitrogens with zero attached hydrogens (tertiary/aromatic N) is 1. The Labute approximate surface area is 157 Å². The molecule has 1 amide bonds. The molecule has 0 aliphatic carbocycles. The molecule has 8 heteroatoms. The number of nitrogens with one attached hydrogen (secondary N) is 1. The summed E-state index contributed by atoms with van der Waals surface area (Å²) in [6, 6.07) is 6.69. The Kier molecular flexibility index (Phi) is 10.1. The summed E-state index contributed by atoms with van der Waals surface area (Å²) < 4.78 is 26.5. The Balaban J connectivity index is 0.00000576. The summed E-state index contributed by atoms with van der Waals surface area (Å²) >= 11 is 0. The highest BCUT2D eigenvalue weighted by Gasteiger charge is 2.19. The van der Waals surface area contributed by atoms with Gasteiger partial charge in [-0.3, -0.25) is 9.52 Å². The minimum atomic E-state index is -3.44. The van der Waals surface area contributed by atoms with Gasteiger partial charge >= 0.3 is 0 Å². The molecule has 144 valence electrons. The lowest BCUT2D eigenvalue weighted by Gasteiger charge is -2.22. The lowest BCUT2D eigenvalue weighted by atomic mass is 10.0. The molecule has 1 atom stereocenters. The summed E-state index contributed by atoms with van der Waals surface area (Å²) in [7, 11) is -1.74. The van der Waals surface area contributed by atoms with Gasteiger partial charge in [-0.1, -0.05) is 32.9 Å². The molecule has 0 radical (unpaired) electrons. The number of amides is 1. The smallest absolute Gasteiger partial charge is 0.255 e. The highest BCUT2D eigenvalue weighted by Crippen LogP contribution is 2.19. The maximum absolute atomic E-state index is 12.6. The Morgan fingerprint density at radius 2 is 1.88 bits per heavy atom. The van der Waals surface area contributed by atoms with Crippen LogP contribution in [0.15, 0.2) is 24.3 Å². The van der Waals surface area contributed by atoms with E-state index in [1.807, 2.05) is 13.8 Å². The van der Waals surface area contributed by atoms with Crippen molar-refractivity contribution in [2.45, 2.75) is 39.7 Å². The Bertz CT molecular complexity index is 650. The summed E-state index contributed by atoms with van der Waals surface area (Å²) in [5.74, 6) is 0.150. The molecule has 25 heavy (non-hydrogen) atoms. The largest absolute Gasteiger partial charge is 0.342 e. The fraction of sp³-hybridized carbons (Fsp3) is 0.588. The molecule has 0 saturated carbocycles. The second-order valence-electron chi connectivity index (χ2n) is 6.39. The van der Waals surface area contributed by atoms with Crippen molar-refractivity contribution in [1.82, 2.24) is 4.90 Å². The van der Waals surface area contributed by atoms with Gasteiger partial charge in [-0.15, -0.1) is 12.4 Å². The van der Waals surface area contributed by atoms with Crippen molar-refractivity contribution < 1.29 is 13.2 Å². The molecular formula is C17H30ClN3O3S. The topological polar surface area (TPSA) is 92.5 Å². The summed E-state index contributed by atoms with van der Waals surface area (Å²) in [6.45, 7) is 6.41. The average Bonchev–Trinajstić information content (AvgIpc) is 2.51. The first-order chi connectivity index (χ1) is 11.2. The molecule has 0 spiro atoms. The molecule has 0 heterocycles. The molecule has 6 nitrogen and oxygen atoms in total. The van der Waals surface area contributed by atoms with Crippen molar-refractivity contribution in [1.29, 1.82) is 0 Å². The molecule has 0 aliphatic rings. The number of carbonyl (C=O) groups excluding carboxylic acids is 1. The third-order valence-electron chi connectivity index (χ3n) is 3.90. The van der Waals surface area contributed by atoms with E-state index in [1.165, 1.54) is 0 Å². The van der Waals surface area contributed by atoms with Crippen LogP contribution >= 0.6 is 12.4 Å². The Hall–Kier alpha value is -1.31. The number of nitrogens with two attached hydrogens (primary N) is 1. The number of sulfonamides is 1. The third kappa shape index (κ3) is 7.63. The number of benzene rings is 1. The molecule has 1 aromatic carbocycles. The Morgan fingerprint density at radius 1 is 1.28 bits per heavy atom. The molecule has 3 N–H and O–H groups in total. The number of anilines is 1. The van der Waals surface area contributed by atoms with Gasteiger partial charge in [0.25, 0.3) is 5.91 Å². The lowest BCUT2D eigenvalue weighted by molar-refractivity contribution is 0.0790. The molecule has 0 saturated heterocycles. The van der Waals surface area contributed by atoms with E-state index in [-0.39, 0.29) is 30.1 Å². The van der Waals surface area contributed by atoms with Crippen molar-refractivity contribution in [3.8, 4) is 0 Å². The fourth-order valence-corrected chi connectivity index (χ4v) is 3.38. The van der Waals surface area contributed by atoms with Gasteiger partial charge in [0.2, 0.25) is 10.0 Å². The van der Waals surface area contributed by atoms with E-state index in [0.29, 0.717) is 36.6 Å². The van der Waals surface area contributed by atoms with Crippen LogP contribution < -0.4 is 10.5 Å². The second kappa shape index (κ2) is 10.6. The zero-order chi connectivity index (χ0) is 18.3. The van der Waals surface area contributed by atoms with Gasteiger partial charge in [0.15, 0.2) is 0 Å². The van der Waals surface area contributed by atoms with Crippen LogP contribution in [0.5, 0.6) is 0 Å². The van der Waals surface area contributed by atoms with Gasteiger partial charge in [0.05, 0.1) is 17.0 Å². The predicted molar refractivity (Wildman–Crippen MR) is 106 cm³/mol. The quantitative estimate of drug-likeness (QED) is 0.676. The van der Waals surface area contributed by atoms with Crippen LogP contribution in [0.3, 0.4) is 0 Å². The number of hydrogen-bond donors (Lipinski definition) is 2. The molecule has 0 bridgehead atoms. The minimum absolute atomic E-state index is 0. The van der Waals surface area contributed by atoms with E-state index >= 15 is 0 Å². The molecule has 0 aromatic heterocycles. The summed E-state index contributed by atoms with van der Waals surface area (Å²) in [6.07, 6.45) is 1.21. The second-order valence-corrected chi connectivity index (χ2v) is 8.23. The number of hydrogen-bond acceptors (Lipinski definition) is 4. The van der Waals surface area contributed by atoms with Crippen LogP contribution in [0, 0.1) is 5.92 Å². The van der Waals surface area contributed by atoms with Crippen molar-refractivity contribution in [3.63, 3.8) is 0 Å². The van der Waals surface area contributed by atoms with Crippen LogP contribution in [-0.4, -0.2) is 44.6 Å². The highest BCUT2D eigenvalue weighted by molar-refractivity contribution is 7.92. The SMILES string of the molecule is CCCS(=O)(=O)Nc1ccccc1C(=O)N(C)CCC(N)C(C)C.Cl. The zero-order valence-electron chi connectivity index (χ0n) is 15.4. The first-order valence-corrected chi connectivity index (χ1v) is 9.93. The van der Waals surface area contributed by atoms with Crippen LogP contribution in [0.4, 0.5) is 5.69 Å². The van der Waals surface area contributed by atoms with Crippen molar-refractivity contribution in [2.75, 3.05) is 24.1 Å². The maximum Gasteiger partial charge on any atom is 0.255 e. The number of para-hydroxylation sites is 1. The maximum atomic E-state index is 12.6. The summed E-state index contributed by atoms with van der Waals surface area (Å²) in [5.41, 5.74) is 6.68. The van der Waals surface area contributed by atoms with Crippen LogP contribution in [0.2, 0.25) is 0 Å². The average molecular weight is 392 g/mol. The van der Waals surface area contributed by atoms with Gasteiger partial charge in [-0.2, -0.15) is 0 Å². The standard InChI is InChI=1S/C17H29N3O3S.ClH/c1-5-12-24(22,23)19-16-9-7-6-8-14(16)17(21)20(4)11-10-15(18)13(2)3;/h6-9,13,15,19H,5,10-12,18H2,1-4H3;1H. The van der Waals surface area contributed by atoms with E-state index in [0.717, 1.165) is 0 Å². The van der Waals surface area contributed by atoms with Gasteiger partial charge in [0, 0.05) is 19.6 Å². The first kappa shape index (κ1) is 23.7. The van der Waals surface area contributed by atoms with E-state index in [1.54, 1.807) is 43.1 Å². The normalized spacial score (nSPS) is 12.4. The molecular weight excluding hydrogens is 362 g/mol. The van der Waals surface area contributed by atoms with E-state index in [4.69, 9.17) is 5.73 Å². The fourth-order valence-electron chi connectivity index (χ4n) is 2.23. The third-order valence-corrected chi connectivity index (χ3v) is 5.37.